The molecule has 2 aliphatic rings. The van der Waals surface area contributed by atoms with Crippen LogP contribution >= 0.6 is 31.9 Å². The molecule has 0 aromatic heterocycles. The fourth-order valence-electron chi connectivity index (χ4n) is 16.7. The number of nitrogens with zero attached hydrogens (tertiary/aromatic N) is 2. The molecule has 14 rings (SSSR count). The molecule has 0 fully saturated rings. The summed E-state index contributed by atoms with van der Waals surface area (Å²) in [6.07, 6.45) is 24.7. The Morgan fingerprint density at radius 3 is 1.02 bits per heavy atom. The van der Waals surface area contributed by atoms with Crippen LogP contribution in [0.25, 0.3) is 55.6 Å². The molecule has 0 radical (unpaired) electrons. The van der Waals surface area contributed by atoms with Crippen LogP contribution in [-0.2, 0) is 29.3 Å². The molecule has 0 spiro atoms. The standard InChI is InChI=1S/C83H96N2.C20H14Br2O/c1-8-12-16-18-20-25-59-83(60-26-21-19-17-13-9-2)80-61-76(84(72-29-23-22-24-30-72)73-49-45-70(46-50-73)67-39-47-71(48-40-67)82(5,6)7)55-57-78(80)79-58-56-77(62-81(79)83)85(74-51-41-68(42-52-74)65-35-31-63(32-36-65)27-14-10-3)75-53-43-69(44-54-75)66-37-33-64(34-38-66)28-15-11-4;1-12-2-4-13(5-3-12)20(23)18-10-14(21)6-8-16(18)17-9-7-15(22)11-19(17)20/h22-24,29-58,61-62H,8-21,25-28,59-60H2,1-7H3;2-11,23H,1H3. The fourth-order valence-corrected chi connectivity index (χ4v) is 17.4. The van der Waals surface area contributed by atoms with Gasteiger partial charge in [0.1, 0.15) is 5.60 Å². The van der Waals surface area contributed by atoms with Gasteiger partial charge in [-0.3, -0.25) is 0 Å². The quantitative estimate of drug-likeness (QED) is 0.0455. The first-order chi connectivity index (χ1) is 52.6. The highest BCUT2D eigenvalue weighted by molar-refractivity contribution is 9.10. The lowest BCUT2D eigenvalue weighted by Gasteiger charge is -2.35. The van der Waals surface area contributed by atoms with Crippen LogP contribution in [0.1, 0.15) is 214 Å². The molecule has 1 N–H and O–H groups in total. The maximum absolute atomic E-state index is 11.8. The van der Waals surface area contributed by atoms with Gasteiger partial charge < -0.3 is 14.9 Å². The Hall–Kier alpha value is -8.84. The molecule has 552 valence electrons. The number of aryl methyl sites for hydroxylation is 3. The van der Waals surface area contributed by atoms with E-state index >= 15 is 0 Å². The molecule has 0 atom stereocenters. The van der Waals surface area contributed by atoms with Crippen LogP contribution in [0.15, 0.2) is 282 Å². The Morgan fingerprint density at radius 2 is 0.639 bits per heavy atom. The van der Waals surface area contributed by atoms with Gasteiger partial charge in [-0.1, -0.05) is 352 Å². The van der Waals surface area contributed by atoms with Crippen molar-refractivity contribution in [1.82, 2.24) is 0 Å². The molecule has 0 saturated carbocycles. The molecule has 0 bridgehead atoms. The number of para-hydroxylation sites is 1. The van der Waals surface area contributed by atoms with Crippen LogP contribution in [0.2, 0.25) is 0 Å². The van der Waals surface area contributed by atoms with Crippen LogP contribution in [0.3, 0.4) is 0 Å². The Balaban J connectivity index is 0.000000377. The van der Waals surface area contributed by atoms with E-state index in [9.17, 15) is 5.11 Å². The van der Waals surface area contributed by atoms with E-state index in [1.807, 2.05) is 48.5 Å². The second kappa shape index (κ2) is 35.7. The summed E-state index contributed by atoms with van der Waals surface area (Å²) < 4.78 is 1.93. The van der Waals surface area contributed by atoms with Crippen LogP contribution in [-0.4, -0.2) is 5.11 Å². The summed E-state index contributed by atoms with van der Waals surface area (Å²) in [6, 6.07) is 102. The Morgan fingerprint density at radius 1 is 0.315 bits per heavy atom. The van der Waals surface area contributed by atoms with Crippen molar-refractivity contribution in [2.75, 3.05) is 9.80 Å². The van der Waals surface area contributed by atoms with Crippen molar-refractivity contribution in [2.24, 2.45) is 0 Å². The minimum atomic E-state index is -1.13. The van der Waals surface area contributed by atoms with Gasteiger partial charge >= 0.3 is 0 Å². The predicted molar refractivity (Wildman–Crippen MR) is 471 cm³/mol. The molecule has 12 aromatic carbocycles. The zero-order valence-corrected chi connectivity index (χ0v) is 68.4. The summed E-state index contributed by atoms with van der Waals surface area (Å²) in [4.78, 5) is 5.03. The molecule has 0 heterocycles. The van der Waals surface area contributed by atoms with E-state index in [2.05, 4.69) is 322 Å². The van der Waals surface area contributed by atoms with Crippen molar-refractivity contribution in [2.45, 2.75) is 200 Å². The summed E-state index contributed by atoms with van der Waals surface area (Å²) in [7, 11) is 0. The molecule has 12 aromatic rings. The normalized spacial score (nSPS) is 12.9. The lowest BCUT2D eigenvalue weighted by Crippen LogP contribution is -2.26. The van der Waals surface area contributed by atoms with Gasteiger partial charge in [-0.25, -0.2) is 0 Å². The number of benzene rings is 12. The molecular formula is C103H110Br2N2O. The highest BCUT2D eigenvalue weighted by atomic mass is 79.9. The number of rotatable bonds is 30. The van der Waals surface area contributed by atoms with Crippen molar-refractivity contribution in [3.8, 4) is 55.6 Å². The third-order valence-electron chi connectivity index (χ3n) is 22.9. The number of unbranched alkanes of at least 4 members (excludes halogenated alkanes) is 12. The average Bonchev–Trinajstić information content (AvgIpc) is 1.56. The molecule has 5 heteroatoms. The van der Waals surface area contributed by atoms with E-state index in [0.717, 1.165) is 79.5 Å². The summed E-state index contributed by atoms with van der Waals surface area (Å²) in [5, 5.41) is 11.8. The Kier molecular flexibility index (Phi) is 25.5. The van der Waals surface area contributed by atoms with E-state index in [-0.39, 0.29) is 10.8 Å². The van der Waals surface area contributed by atoms with Gasteiger partial charge in [0.2, 0.25) is 0 Å². The van der Waals surface area contributed by atoms with Crippen LogP contribution < -0.4 is 9.80 Å². The molecule has 2 aliphatic carbocycles. The van der Waals surface area contributed by atoms with Crippen LogP contribution in [0.5, 0.6) is 0 Å². The SMILES string of the molecule is CCCCCCCCC1(CCCCCCCC)c2cc(N(c3ccccc3)c3ccc(-c4ccc(C(C)(C)C)cc4)cc3)ccc2-c2ccc(N(c3ccc(-c4ccc(CCCC)cc4)cc3)c3ccc(-c4ccc(CCCC)cc4)cc3)cc21.Cc1ccc(C2(O)c3cc(Br)ccc3-c3ccc(Br)cc32)cc1. The van der Waals surface area contributed by atoms with Gasteiger partial charge in [0.05, 0.1) is 0 Å². The van der Waals surface area contributed by atoms with Gasteiger partial charge in [0, 0.05) is 59.6 Å². The van der Waals surface area contributed by atoms with Gasteiger partial charge in [-0.15, -0.1) is 0 Å². The zero-order chi connectivity index (χ0) is 75.2. The smallest absolute Gasteiger partial charge is 0.141 e. The van der Waals surface area contributed by atoms with Crippen LogP contribution in [0, 0.1) is 6.92 Å². The van der Waals surface area contributed by atoms with Crippen molar-refractivity contribution in [3.05, 3.63) is 332 Å². The highest BCUT2D eigenvalue weighted by Crippen LogP contribution is 2.58. The monoisotopic (exact) mass is 1550 g/mol. The van der Waals surface area contributed by atoms with E-state index in [1.54, 1.807) is 0 Å². The van der Waals surface area contributed by atoms with Crippen LogP contribution in [0.4, 0.5) is 34.1 Å². The topological polar surface area (TPSA) is 26.7 Å². The van der Waals surface area contributed by atoms with Crippen molar-refractivity contribution in [1.29, 1.82) is 0 Å². The lowest BCUT2D eigenvalue weighted by molar-refractivity contribution is 0.130. The molecule has 3 nitrogen and oxygen atoms in total. The molecule has 0 saturated heterocycles. The third kappa shape index (κ3) is 17.4. The van der Waals surface area contributed by atoms with Gasteiger partial charge in [-0.2, -0.15) is 0 Å². The Labute approximate surface area is 663 Å². The first kappa shape index (κ1) is 77.3. The van der Waals surface area contributed by atoms with Gasteiger partial charge in [0.25, 0.3) is 0 Å². The summed E-state index contributed by atoms with van der Waals surface area (Å²) in [6.45, 7) is 18.1. The largest absolute Gasteiger partial charge is 0.376 e. The molecule has 0 aliphatic heterocycles. The minimum absolute atomic E-state index is 0.114. The summed E-state index contributed by atoms with van der Waals surface area (Å²) in [5.74, 6) is 0. The lowest BCUT2D eigenvalue weighted by atomic mass is 9.70. The van der Waals surface area contributed by atoms with Gasteiger partial charge in [0.15, 0.2) is 0 Å². The fraction of sp³-hybridized carbons (Fsp3) is 0.301. The van der Waals surface area contributed by atoms with E-state index in [4.69, 9.17) is 0 Å². The number of hydrogen-bond acceptors (Lipinski definition) is 3. The highest BCUT2D eigenvalue weighted by Gasteiger charge is 2.45. The maximum Gasteiger partial charge on any atom is 0.141 e. The van der Waals surface area contributed by atoms with Crippen molar-refractivity contribution in [3.63, 3.8) is 0 Å². The first-order valence-corrected chi connectivity index (χ1v) is 42.1. The first-order valence-electron chi connectivity index (χ1n) is 40.5. The number of hydrogen-bond donors (Lipinski definition) is 1. The van der Waals surface area contributed by atoms with E-state index < -0.39 is 5.60 Å². The number of fused-ring (bicyclic) bond motifs is 6. The van der Waals surface area contributed by atoms with E-state index in [1.165, 1.54) is 198 Å². The third-order valence-corrected chi connectivity index (χ3v) is 23.9. The maximum atomic E-state index is 11.8. The second-order valence-electron chi connectivity index (χ2n) is 31.6. The Bertz CT molecular complexity index is 4740. The van der Waals surface area contributed by atoms with Gasteiger partial charge in [-0.05, 0) is 237 Å². The average molecular weight is 1550 g/mol. The van der Waals surface area contributed by atoms with E-state index in [0.29, 0.717) is 0 Å². The van der Waals surface area contributed by atoms with Crippen molar-refractivity contribution >= 4 is 66.0 Å². The zero-order valence-electron chi connectivity index (χ0n) is 65.2. The second-order valence-corrected chi connectivity index (χ2v) is 33.4. The molecular weight excluding hydrogens is 1440 g/mol. The number of anilines is 6. The molecule has 108 heavy (non-hydrogen) atoms. The molecule has 0 unspecified atom stereocenters. The minimum Gasteiger partial charge on any atom is -0.376 e. The predicted octanol–water partition coefficient (Wildman–Crippen LogP) is 31.2. The number of halogens is 2. The molecule has 0 amide bonds. The number of aliphatic hydroxyl groups is 1. The van der Waals surface area contributed by atoms with Crippen molar-refractivity contribution < 1.29 is 5.11 Å². The summed E-state index contributed by atoms with van der Waals surface area (Å²) in [5.41, 5.74) is 29.4. The summed E-state index contributed by atoms with van der Waals surface area (Å²) >= 11 is 7.08.